The van der Waals surface area contributed by atoms with Gasteiger partial charge in [0, 0.05) is 41.0 Å². The van der Waals surface area contributed by atoms with E-state index in [1.807, 2.05) is 43.5 Å². The largest absolute Gasteiger partial charge is 0.507 e. The van der Waals surface area contributed by atoms with E-state index in [1.54, 1.807) is 24.5 Å². The third-order valence-corrected chi connectivity index (χ3v) is 3.48. The zero-order valence-electron chi connectivity index (χ0n) is 12.9. The number of nitrogens with zero attached hydrogens (tertiary/aromatic N) is 2. The molecule has 0 atom stereocenters. The third-order valence-electron chi connectivity index (χ3n) is 3.48. The summed E-state index contributed by atoms with van der Waals surface area (Å²) in [5.74, 6) is 0.821. The molecule has 0 amide bonds. The number of pyridine rings is 1. The fourth-order valence-corrected chi connectivity index (χ4v) is 2.30. The molecule has 1 heterocycles. The predicted octanol–water partition coefficient (Wildman–Crippen LogP) is 4.48. The third kappa shape index (κ3) is 3.48. The first-order chi connectivity index (χ1) is 11.3. The van der Waals surface area contributed by atoms with Crippen molar-refractivity contribution in [2.45, 2.75) is 13.3 Å². The van der Waals surface area contributed by atoms with E-state index < -0.39 is 0 Å². The number of ether oxygens (including phenoxy) is 1. The van der Waals surface area contributed by atoms with Crippen molar-refractivity contribution in [2.75, 3.05) is 6.61 Å². The van der Waals surface area contributed by atoms with Crippen LogP contribution in [-0.2, 0) is 0 Å². The minimum absolute atomic E-state index is 0.157. The number of fused-ring (bicyclic) bond motifs is 1. The fraction of sp³-hybridized carbons (Fsp3) is 0.158. The summed E-state index contributed by atoms with van der Waals surface area (Å²) in [5.41, 5.74) is 1.50. The van der Waals surface area contributed by atoms with Gasteiger partial charge in [0.1, 0.15) is 11.5 Å². The summed E-state index contributed by atoms with van der Waals surface area (Å²) in [6, 6.07) is 13.1. The standard InChI is InChI=1S/C19H18N2O2/c1-2-10-23-16-7-6-15(19(22)11-16)13-21-18-5-3-4-14-12-20-9-8-17(14)18/h3-9,11-13,22H,2,10H2,1H3. The van der Waals surface area contributed by atoms with Crippen molar-refractivity contribution in [2.24, 2.45) is 4.99 Å². The maximum Gasteiger partial charge on any atom is 0.128 e. The highest BCUT2D eigenvalue weighted by molar-refractivity contribution is 5.95. The molecular weight excluding hydrogens is 288 g/mol. The number of phenols is 1. The molecule has 0 bridgehead atoms. The van der Waals surface area contributed by atoms with Crippen molar-refractivity contribution >= 4 is 22.7 Å². The Balaban J connectivity index is 1.87. The molecule has 0 aliphatic carbocycles. The van der Waals surface area contributed by atoms with Gasteiger partial charge in [-0.1, -0.05) is 19.1 Å². The first-order valence-electron chi connectivity index (χ1n) is 7.60. The van der Waals surface area contributed by atoms with Crippen molar-refractivity contribution in [3.63, 3.8) is 0 Å². The van der Waals surface area contributed by atoms with Gasteiger partial charge in [0.05, 0.1) is 12.3 Å². The molecule has 0 radical (unpaired) electrons. The molecule has 2 aromatic carbocycles. The molecule has 0 fully saturated rings. The Labute approximate surface area is 135 Å². The van der Waals surface area contributed by atoms with Gasteiger partial charge in [-0.3, -0.25) is 9.98 Å². The lowest BCUT2D eigenvalue weighted by Gasteiger charge is -2.06. The second-order valence-electron chi connectivity index (χ2n) is 5.20. The van der Waals surface area contributed by atoms with Crippen molar-refractivity contribution in [3.05, 3.63) is 60.4 Å². The molecule has 4 nitrogen and oxygen atoms in total. The molecule has 3 rings (SSSR count). The van der Waals surface area contributed by atoms with Gasteiger partial charge in [-0.15, -0.1) is 0 Å². The van der Waals surface area contributed by atoms with Crippen LogP contribution in [0.3, 0.4) is 0 Å². The Hall–Kier alpha value is -2.88. The molecule has 0 spiro atoms. The van der Waals surface area contributed by atoms with E-state index in [2.05, 4.69) is 9.98 Å². The maximum absolute atomic E-state index is 10.1. The second kappa shape index (κ2) is 6.92. The van der Waals surface area contributed by atoms with E-state index in [1.165, 1.54) is 0 Å². The maximum atomic E-state index is 10.1. The predicted molar refractivity (Wildman–Crippen MR) is 92.9 cm³/mol. The summed E-state index contributed by atoms with van der Waals surface area (Å²) in [7, 11) is 0. The van der Waals surface area contributed by atoms with Crippen molar-refractivity contribution < 1.29 is 9.84 Å². The molecule has 1 N–H and O–H groups in total. The highest BCUT2D eigenvalue weighted by atomic mass is 16.5. The number of aromatic nitrogens is 1. The first-order valence-corrected chi connectivity index (χ1v) is 7.60. The highest BCUT2D eigenvalue weighted by Crippen LogP contribution is 2.26. The molecule has 4 heteroatoms. The average molecular weight is 306 g/mol. The lowest BCUT2D eigenvalue weighted by atomic mass is 10.1. The van der Waals surface area contributed by atoms with E-state index in [9.17, 15) is 5.11 Å². The molecule has 0 aliphatic rings. The minimum Gasteiger partial charge on any atom is -0.507 e. The Morgan fingerprint density at radius 1 is 1.22 bits per heavy atom. The summed E-state index contributed by atoms with van der Waals surface area (Å²) in [6.07, 6.45) is 6.15. The molecule has 3 aromatic rings. The van der Waals surface area contributed by atoms with Crippen LogP contribution in [0.4, 0.5) is 5.69 Å². The monoisotopic (exact) mass is 306 g/mol. The van der Waals surface area contributed by atoms with E-state index in [4.69, 9.17) is 4.74 Å². The Bertz CT molecular complexity index is 838. The number of phenolic OH excluding ortho intramolecular Hbond substituents is 1. The van der Waals surface area contributed by atoms with E-state index in [0.29, 0.717) is 17.9 Å². The van der Waals surface area contributed by atoms with E-state index in [-0.39, 0.29) is 5.75 Å². The number of aromatic hydroxyl groups is 1. The van der Waals surface area contributed by atoms with Crippen LogP contribution in [0.1, 0.15) is 18.9 Å². The number of benzene rings is 2. The van der Waals surface area contributed by atoms with Crippen LogP contribution < -0.4 is 4.74 Å². The van der Waals surface area contributed by atoms with Crippen LogP contribution in [0.15, 0.2) is 59.9 Å². The van der Waals surface area contributed by atoms with E-state index in [0.717, 1.165) is 22.9 Å². The molecule has 116 valence electrons. The smallest absolute Gasteiger partial charge is 0.128 e. The van der Waals surface area contributed by atoms with Crippen molar-refractivity contribution in [1.82, 2.24) is 4.98 Å². The number of rotatable bonds is 5. The lowest BCUT2D eigenvalue weighted by molar-refractivity contribution is 0.315. The Morgan fingerprint density at radius 3 is 2.96 bits per heavy atom. The molecule has 0 unspecified atom stereocenters. The normalized spacial score (nSPS) is 11.2. The van der Waals surface area contributed by atoms with Crippen LogP contribution in [0, 0.1) is 0 Å². The molecule has 0 saturated carbocycles. The molecular formula is C19H18N2O2. The Kier molecular flexibility index (Phi) is 4.52. The van der Waals surface area contributed by atoms with Crippen molar-refractivity contribution in [1.29, 1.82) is 0 Å². The van der Waals surface area contributed by atoms with Crippen LogP contribution in [0.2, 0.25) is 0 Å². The molecule has 0 saturated heterocycles. The topological polar surface area (TPSA) is 54.7 Å². The van der Waals surface area contributed by atoms with Gasteiger partial charge in [-0.2, -0.15) is 0 Å². The molecule has 0 aliphatic heterocycles. The highest BCUT2D eigenvalue weighted by Gasteiger charge is 2.03. The van der Waals surface area contributed by atoms with Crippen molar-refractivity contribution in [3.8, 4) is 11.5 Å². The summed E-state index contributed by atoms with van der Waals surface area (Å²) in [5, 5.41) is 12.2. The lowest BCUT2D eigenvalue weighted by Crippen LogP contribution is -1.95. The zero-order valence-corrected chi connectivity index (χ0v) is 12.9. The quantitative estimate of drug-likeness (QED) is 0.707. The van der Waals surface area contributed by atoms with Gasteiger partial charge < -0.3 is 9.84 Å². The first kappa shape index (κ1) is 15.0. The molecule has 23 heavy (non-hydrogen) atoms. The summed E-state index contributed by atoms with van der Waals surface area (Å²) in [6.45, 7) is 2.68. The SMILES string of the molecule is CCCOc1ccc(C=Nc2cccc3cnccc23)c(O)c1. The van der Waals surface area contributed by atoms with Gasteiger partial charge in [-0.05, 0) is 30.7 Å². The van der Waals surface area contributed by atoms with Gasteiger partial charge in [0.2, 0.25) is 0 Å². The van der Waals surface area contributed by atoms with Gasteiger partial charge in [0.15, 0.2) is 0 Å². The number of aliphatic imine (C=N–C) groups is 1. The minimum atomic E-state index is 0.157. The van der Waals surface area contributed by atoms with Gasteiger partial charge in [-0.25, -0.2) is 0 Å². The van der Waals surface area contributed by atoms with Crippen LogP contribution in [-0.4, -0.2) is 22.9 Å². The number of hydrogen-bond acceptors (Lipinski definition) is 4. The van der Waals surface area contributed by atoms with Gasteiger partial charge in [0.25, 0.3) is 0 Å². The fourth-order valence-electron chi connectivity index (χ4n) is 2.30. The zero-order chi connectivity index (χ0) is 16.1. The molecule has 1 aromatic heterocycles. The number of hydrogen-bond donors (Lipinski definition) is 1. The summed E-state index contributed by atoms with van der Waals surface area (Å²) in [4.78, 5) is 8.62. The van der Waals surface area contributed by atoms with Crippen LogP contribution in [0.5, 0.6) is 11.5 Å². The van der Waals surface area contributed by atoms with Gasteiger partial charge >= 0.3 is 0 Å². The summed E-state index contributed by atoms with van der Waals surface area (Å²) >= 11 is 0. The Morgan fingerprint density at radius 2 is 2.13 bits per heavy atom. The summed E-state index contributed by atoms with van der Waals surface area (Å²) < 4.78 is 5.50. The van der Waals surface area contributed by atoms with Crippen LogP contribution >= 0.6 is 0 Å². The van der Waals surface area contributed by atoms with Crippen LogP contribution in [0.25, 0.3) is 10.8 Å². The average Bonchev–Trinajstić information content (AvgIpc) is 2.59. The second-order valence-corrected chi connectivity index (χ2v) is 5.20. The van der Waals surface area contributed by atoms with E-state index >= 15 is 0 Å².